The maximum atomic E-state index is 13.5. The van der Waals surface area contributed by atoms with Gasteiger partial charge in [-0.05, 0) is 43.9 Å². The van der Waals surface area contributed by atoms with E-state index >= 15 is 0 Å². The SMILES string of the molecule is C[C@@H](NCC(O)c1cc(F)ccc1F)C1CCCC1. The Hall–Kier alpha value is -1.00. The molecule has 0 spiro atoms. The van der Waals surface area contributed by atoms with Gasteiger partial charge in [0.1, 0.15) is 11.6 Å². The van der Waals surface area contributed by atoms with Gasteiger partial charge in [0.2, 0.25) is 0 Å². The number of nitrogens with one attached hydrogen (secondary N) is 1. The number of benzene rings is 1. The van der Waals surface area contributed by atoms with E-state index < -0.39 is 17.7 Å². The smallest absolute Gasteiger partial charge is 0.129 e. The standard InChI is InChI=1S/C15H21F2NO/c1-10(11-4-2-3-5-11)18-9-15(19)13-8-12(16)6-7-14(13)17/h6-8,10-11,15,18-19H,2-5,9H2,1H3/t10-,15?/m1/s1. The highest BCUT2D eigenvalue weighted by Gasteiger charge is 2.22. The highest BCUT2D eigenvalue weighted by molar-refractivity contribution is 5.21. The second-order valence-corrected chi connectivity index (χ2v) is 5.42. The molecule has 4 heteroatoms. The predicted molar refractivity (Wildman–Crippen MR) is 70.7 cm³/mol. The van der Waals surface area contributed by atoms with E-state index in [4.69, 9.17) is 0 Å². The summed E-state index contributed by atoms with van der Waals surface area (Å²) in [4.78, 5) is 0. The van der Waals surface area contributed by atoms with E-state index in [1.807, 2.05) is 0 Å². The molecule has 0 aromatic heterocycles. The van der Waals surface area contributed by atoms with Crippen LogP contribution in [-0.2, 0) is 0 Å². The summed E-state index contributed by atoms with van der Waals surface area (Å²) in [6.07, 6.45) is 3.92. The molecule has 1 fully saturated rings. The van der Waals surface area contributed by atoms with Crippen LogP contribution in [0, 0.1) is 17.6 Å². The van der Waals surface area contributed by atoms with E-state index in [-0.39, 0.29) is 12.1 Å². The molecule has 1 unspecified atom stereocenters. The lowest BCUT2D eigenvalue weighted by Gasteiger charge is -2.22. The Morgan fingerprint density at radius 3 is 2.68 bits per heavy atom. The lowest BCUT2D eigenvalue weighted by molar-refractivity contribution is 0.161. The highest BCUT2D eigenvalue weighted by Crippen LogP contribution is 2.27. The molecule has 1 aliphatic carbocycles. The third kappa shape index (κ3) is 3.74. The molecule has 19 heavy (non-hydrogen) atoms. The zero-order chi connectivity index (χ0) is 13.8. The number of halogens is 2. The van der Waals surface area contributed by atoms with Crippen LogP contribution in [0.2, 0.25) is 0 Å². The lowest BCUT2D eigenvalue weighted by Crippen LogP contribution is -2.35. The monoisotopic (exact) mass is 269 g/mol. The molecule has 2 rings (SSSR count). The van der Waals surface area contributed by atoms with Crippen LogP contribution in [0.25, 0.3) is 0 Å². The fraction of sp³-hybridized carbons (Fsp3) is 0.600. The molecule has 0 amide bonds. The number of hydrogen-bond acceptors (Lipinski definition) is 2. The largest absolute Gasteiger partial charge is 0.387 e. The summed E-state index contributed by atoms with van der Waals surface area (Å²) in [5, 5.41) is 13.2. The van der Waals surface area contributed by atoms with Crippen LogP contribution in [0.15, 0.2) is 18.2 Å². The molecule has 0 bridgehead atoms. The first-order chi connectivity index (χ1) is 9.08. The van der Waals surface area contributed by atoms with Crippen LogP contribution in [0.3, 0.4) is 0 Å². The summed E-state index contributed by atoms with van der Waals surface area (Å²) in [6, 6.07) is 3.46. The normalized spacial score (nSPS) is 19.6. The average Bonchev–Trinajstić information content (AvgIpc) is 2.92. The van der Waals surface area contributed by atoms with Crippen molar-refractivity contribution in [3.05, 3.63) is 35.4 Å². The highest BCUT2D eigenvalue weighted by atomic mass is 19.1. The van der Waals surface area contributed by atoms with Crippen molar-refractivity contribution in [1.29, 1.82) is 0 Å². The van der Waals surface area contributed by atoms with Crippen molar-refractivity contribution >= 4 is 0 Å². The molecule has 1 aromatic carbocycles. The van der Waals surface area contributed by atoms with Crippen molar-refractivity contribution in [2.45, 2.75) is 44.8 Å². The summed E-state index contributed by atoms with van der Waals surface area (Å²) in [7, 11) is 0. The van der Waals surface area contributed by atoms with Crippen LogP contribution in [0.1, 0.15) is 44.3 Å². The van der Waals surface area contributed by atoms with E-state index in [2.05, 4.69) is 12.2 Å². The Kier molecular flexibility index (Phi) is 4.88. The maximum absolute atomic E-state index is 13.5. The van der Waals surface area contributed by atoms with Crippen LogP contribution in [0.5, 0.6) is 0 Å². The van der Waals surface area contributed by atoms with Crippen LogP contribution in [-0.4, -0.2) is 17.7 Å². The first-order valence-corrected chi connectivity index (χ1v) is 6.94. The number of rotatable bonds is 5. The molecule has 1 saturated carbocycles. The first-order valence-electron chi connectivity index (χ1n) is 6.94. The van der Waals surface area contributed by atoms with Gasteiger partial charge >= 0.3 is 0 Å². The van der Waals surface area contributed by atoms with Gasteiger partial charge in [0.25, 0.3) is 0 Å². The summed E-state index contributed by atoms with van der Waals surface area (Å²) in [6.45, 7) is 2.34. The minimum atomic E-state index is -1.01. The third-order valence-electron chi connectivity index (χ3n) is 4.06. The summed E-state index contributed by atoms with van der Waals surface area (Å²) >= 11 is 0. The molecule has 0 aliphatic heterocycles. The Labute approximate surface area is 112 Å². The molecular weight excluding hydrogens is 248 g/mol. The van der Waals surface area contributed by atoms with Gasteiger partial charge in [-0.1, -0.05) is 12.8 Å². The second-order valence-electron chi connectivity index (χ2n) is 5.42. The Balaban J connectivity index is 1.89. The molecule has 2 atom stereocenters. The number of aliphatic hydroxyl groups excluding tert-OH is 1. The van der Waals surface area contributed by atoms with Gasteiger partial charge in [0.15, 0.2) is 0 Å². The van der Waals surface area contributed by atoms with Crippen LogP contribution < -0.4 is 5.32 Å². The zero-order valence-corrected chi connectivity index (χ0v) is 11.2. The molecule has 2 nitrogen and oxygen atoms in total. The summed E-state index contributed by atoms with van der Waals surface area (Å²) < 4.78 is 26.5. The number of hydrogen-bond donors (Lipinski definition) is 2. The molecule has 2 N–H and O–H groups in total. The minimum absolute atomic E-state index is 0.0196. The van der Waals surface area contributed by atoms with E-state index in [1.54, 1.807) is 0 Å². The summed E-state index contributed by atoms with van der Waals surface area (Å²) in [5.74, 6) is -0.465. The molecule has 1 aromatic rings. The van der Waals surface area contributed by atoms with E-state index in [1.165, 1.54) is 25.7 Å². The van der Waals surface area contributed by atoms with Crippen molar-refractivity contribution in [1.82, 2.24) is 5.32 Å². The fourth-order valence-corrected chi connectivity index (χ4v) is 2.80. The van der Waals surface area contributed by atoms with Gasteiger partial charge in [-0.25, -0.2) is 8.78 Å². The minimum Gasteiger partial charge on any atom is -0.387 e. The van der Waals surface area contributed by atoms with Crippen LogP contribution >= 0.6 is 0 Å². The van der Waals surface area contributed by atoms with Crippen LogP contribution in [0.4, 0.5) is 8.78 Å². The van der Waals surface area contributed by atoms with Gasteiger partial charge in [-0.15, -0.1) is 0 Å². The topological polar surface area (TPSA) is 32.3 Å². The quantitative estimate of drug-likeness (QED) is 0.860. The lowest BCUT2D eigenvalue weighted by atomic mass is 9.99. The van der Waals surface area contributed by atoms with E-state index in [9.17, 15) is 13.9 Å². The van der Waals surface area contributed by atoms with Gasteiger partial charge in [-0.3, -0.25) is 0 Å². The molecule has 0 saturated heterocycles. The van der Waals surface area contributed by atoms with Gasteiger partial charge in [0, 0.05) is 18.2 Å². The Morgan fingerprint density at radius 1 is 1.32 bits per heavy atom. The van der Waals surface area contributed by atoms with Crippen molar-refractivity contribution in [3.8, 4) is 0 Å². The van der Waals surface area contributed by atoms with Gasteiger partial charge in [0.05, 0.1) is 6.10 Å². The Bertz CT molecular complexity index is 419. The molecule has 106 valence electrons. The van der Waals surface area contributed by atoms with Gasteiger partial charge < -0.3 is 10.4 Å². The zero-order valence-electron chi connectivity index (χ0n) is 11.2. The van der Waals surface area contributed by atoms with E-state index in [0.29, 0.717) is 12.0 Å². The molecule has 0 heterocycles. The second kappa shape index (κ2) is 6.44. The van der Waals surface area contributed by atoms with Crippen molar-refractivity contribution < 1.29 is 13.9 Å². The predicted octanol–water partition coefficient (Wildman–Crippen LogP) is 3.17. The third-order valence-corrected chi connectivity index (χ3v) is 4.06. The van der Waals surface area contributed by atoms with E-state index in [0.717, 1.165) is 18.2 Å². The average molecular weight is 269 g/mol. The van der Waals surface area contributed by atoms with Gasteiger partial charge in [-0.2, -0.15) is 0 Å². The number of aliphatic hydroxyl groups is 1. The summed E-state index contributed by atoms with van der Waals surface area (Å²) in [5.41, 5.74) is 0.0196. The van der Waals surface area contributed by atoms with Crippen molar-refractivity contribution in [3.63, 3.8) is 0 Å². The molecule has 1 aliphatic rings. The molecular formula is C15H21F2NO. The Morgan fingerprint density at radius 2 is 2.00 bits per heavy atom. The molecule has 0 radical (unpaired) electrons. The van der Waals surface area contributed by atoms with Crippen molar-refractivity contribution in [2.75, 3.05) is 6.54 Å². The maximum Gasteiger partial charge on any atom is 0.129 e. The first kappa shape index (κ1) is 14.4. The van der Waals surface area contributed by atoms with Crippen molar-refractivity contribution in [2.24, 2.45) is 5.92 Å². The fourth-order valence-electron chi connectivity index (χ4n) is 2.80.